The van der Waals surface area contributed by atoms with Crippen LogP contribution in [0.1, 0.15) is 22.3 Å². The minimum Gasteiger partial charge on any atom is -0.472 e. The second kappa shape index (κ2) is 8.96. The fourth-order valence-electron chi connectivity index (χ4n) is 2.70. The summed E-state index contributed by atoms with van der Waals surface area (Å²) in [6, 6.07) is 16.2. The summed E-state index contributed by atoms with van der Waals surface area (Å²) in [5.74, 6) is -0.480. The van der Waals surface area contributed by atoms with E-state index < -0.39 is 17.6 Å². The van der Waals surface area contributed by atoms with E-state index in [0.717, 1.165) is 11.6 Å². The molecule has 1 heterocycles. The predicted molar refractivity (Wildman–Crippen MR) is 104 cm³/mol. The van der Waals surface area contributed by atoms with Crippen LogP contribution in [0.15, 0.2) is 72.0 Å². The Balaban J connectivity index is 1.93. The van der Waals surface area contributed by atoms with E-state index in [-0.39, 0.29) is 6.61 Å². The molecular weight excluding hydrogens is 405 g/mol. The van der Waals surface area contributed by atoms with E-state index in [0.29, 0.717) is 21.9 Å². The maximum atomic E-state index is 13.2. The molecule has 29 heavy (non-hydrogen) atoms. The third kappa shape index (κ3) is 5.06. The highest BCUT2D eigenvalue weighted by molar-refractivity contribution is 6.30. The van der Waals surface area contributed by atoms with Crippen molar-refractivity contribution in [2.24, 2.45) is 5.16 Å². The lowest BCUT2D eigenvalue weighted by atomic mass is 9.98. The van der Waals surface area contributed by atoms with Gasteiger partial charge in [0.2, 0.25) is 5.88 Å². The van der Waals surface area contributed by atoms with Gasteiger partial charge in [-0.15, -0.1) is 0 Å². The predicted octanol–water partition coefficient (Wildman–Crippen LogP) is 5.73. The number of alkyl halides is 3. The number of benzene rings is 2. The lowest BCUT2D eigenvalue weighted by Crippen LogP contribution is -2.12. The minimum absolute atomic E-state index is 0.132. The SMILES string of the molecule is CO/N=C(/c1ccc(Cl)cc1)c1ccccc1COc1ncccc1C(F)(F)F. The number of halogens is 4. The van der Waals surface area contributed by atoms with Crippen molar-refractivity contribution in [3.63, 3.8) is 0 Å². The molecule has 0 unspecified atom stereocenters. The molecule has 8 heteroatoms. The summed E-state index contributed by atoms with van der Waals surface area (Å²) >= 11 is 5.95. The van der Waals surface area contributed by atoms with Gasteiger partial charge >= 0.3 is 6.18 Å². The molecule has 0 radical (unpaired) electrons. The molecule has 0 bridgehead atoms. The number of hydrogen-bond acceptors (Lipinski definition) is 4. The normalized spacial score (nSPS) is 12.0. The van der Waals surface area contributed by atoms with Gasteiger partial charge in [-0.25, -0.2) is 4.98 Å². The van der Waals surface area contributed by atoms with Gasteiger partial charge in [0.05, 0.1) is 0 Å². The van der Waals surface area contributed by atoms with Gasteiger partial charge < -0.3 is 9.57 Å². The zero-order valence-corrected chi connectivity index (χ0v) is 16.0. The van der Waals surface area contributed by atoms with Gasteiger partial charge in [-0.3, -0.25) is 0 Å². The number of rotatable bonds is 6. The first-order valence-electron chi connectivity index (χ1n) is 8.50. The summed E-state index contributed by atoms with van der Waals surface area (Å²) in [5, 5.41) is 4.66. The van der Waals surface area contributed by atoms with Crippen LogP contribution >= 0.6 is 11.6 Å². The lowest BCUT2D eigenvalue weighted by molar-refractivity contribution is -0.139. The Morgan fingerprint density at radius 3 is 2.45 bits per heavy atom. The van der Waals surface area contributed by atoms with Gasteiger partial charge in [-0.1, -0.05) is 53.2 Å². The smallest absolute Gasteiger partial charge is 0.421 e. The third-order valence-electron chi connectivity index (χ3n) is 4.01. The summed E-state index contributed by atoms with van der Waals surface area (Å²) in [7, 11) is 1.42. The Morgan fingerprint density at radius 1 is 1.03 bits per heavy atom. The molecule has 0 amide bonds. The zero-order chi connectivity index (χ0) is 20.9. The quantitative estimate of drug-likeness (QED) is 0.378. The summed E-state index contributed by atoms with van der Waals surface area (Å²) < 4.78 is 44.9. The molecule has 0 saturated heterocycles. The first kappa shape index (κ1) is 20.7. The van der Waals surface area contributed by atoms with Crippen LogP contribution in [0, 0.1) is 0 Å². The highest BCUT2D eigenvalue weighted by Crippen LogP contribution is 2.35. The fourth-order valence-corrected chi connectivity index (χ4v) is 2.83. The van der Waals surface area contributed by atoms with Gasteiger partial charge in [-0.05, 0) is 29.8 Å². The Morgan fingerprint density at radius 2 is 1.76 bits per heavy atom. The molecule has 0 atom stereocenters. The second-order valence-corrected chi connectivity index (χ2v) is 6.37. The number of ether oxygens (including phenoxy) is 1. The number of nitrogens with zero attached hydrogens (tertiary/aromatic N) is 2. The number of aromatic nitrogens is 1. The molecular formula is C21H16ClF3N2O2. The van der Waals surface area contributed by atoms with Crippen LogP contribution in [0.5, 0.6) is 5.88 Å². The standard InChI is InChI=1S/C21H16ClF3N2O2/c1-28-27-19(14-8-10-16(22)11-9-14)17-6-3-2-5-15(17)13-29-20-18(21(23,24)25)7-4-12-26-20/h2-12H,13H2,1H3/b27-19-. The van der Waals surface area contributed by atoms with Crippen LogP contribution in [0.3, 0.4) is 0 Å². The molecule has 3 rings (SSSR count). The van der Waals surface area contributed by atoms with Crippen molar-refractivity contribution in [3.8, 4) is 5.88 Å². The van der Waals surface area contributed by atoms with E-state index in [4.69, 9.17) is 21.2 Å². The van der Waals surface area contributed by atoms with Crippen molar-refractivity contribution in [1.29, 1.82) is 0 Å². The molecule has 1 aromatic heterocycles. The summed E-state index contributed by atoms with van der Waals surface area (Å²) in [5.41, 5.74) is 1.58. The molecule has 0 spiro atoms. The number of oxime groups is 1. The van der Waals surface area contributed by atoms with Gasteiger partial charge in [0.25, 0.3) is 0 Å². The molecule has 150 valence electrons. The van der Waals surface area contributed by atoms with Crippen molar-refractivity contribution < 1.29 is 22.7 Å². The highest BCUT2D eigenvalue weighted by Gasteiger charge is 2.35. The zero-order valence-electron chi connectivity index (χ0n) is 15.3. The van der Waals surface area contributed by atoms with Crippen LogP contribution in [-0.4, -0.2) is 17.8 Å². The van der Waals surface area contributed by atoms with E-state index in [2.05, 4.69) is 10.1 Å². The Bertz CT molecular complexity index is 1010. The van der Waals surface area contributed by atoms with Gasteiger partial charge in [0.15, 0.2) is 0 Å². The topological polar surface area (TPSA) is 43.7 Å². The minimum atomic E-state index is -4.56. The Hall–Kier alpha value is -3.06. The van der Waals surface area contributed by atoms with Crippen LogP contribution in [0.4, 0.5) is 13.2 Å². The van der Waals surface area contributed by atoms with Crippen LogP contribution in [-0.2, 0) is 17.6 Å². The second-order valence-electron chi connectivity index (χ2n) is 5.93. The van der Waals surface area contributed by atoms with Gasteiger partial charge in [0, 0.05) is 22.3 Å². The molecule has 0 saturated carbocycles. The van der Waals surface area contributed by atoms with Crippen LogP contribution < -0.4 is 4.74 Å². The first-order chi connectivity index (χ1) is 13.9. The third-order valence-corrected chi connectivity index (χ3v) is 4.27. The largest absolute Gasteiger partial charge is 0.472 e. The van der Waals surface area contributed by atoms with Gasteiger partial charge in [-0.2, -0.15) is 13.2 Å². The average molecular weight is 421 g/mol. The van der Waals surface area contributed by atoms with E-state index in [1.165, 1.54) is 19.4 Å². The van der Waals surface area contributed by atoms with Crippen LogP contribution in [0.2, 0.25) is 5.02 Å². The van der Waals surface area contributed by atoms with Crippen molar-refractivity contribution in [2.45, 2.75) is 12.8 Å². The number of hydrogen-bond donors (Lipinski definition) is 0. The van der Waals surface area contributed by atoms with Crippen molar-refractivity contribution in [2.75, 3.05) is 7.11 Å². The number of pyridine rings is 1. The molecule has 2 aromatic carbocycles. The molecule has 0 aliphatic heterocycles. The van der Waals surface area contributed by atoms with E-state index in [1.54, 1.807) is 48.5 Å². The molecule has 3 aromatic rings. The summed E-state index contributed by atoms with van der Waals surface area (Å²) in [4.78, 5) is 8.70. The van der Waals surface area contributed by atoms with E-state index in [1.807, 2.05) is 0 Å². The molecule has 0 aliphatic rings. The average Bonchev–Trinajstić information content (AvgIpc) is 2.71. The summed E-state index contributed by atoms with van der Waals surface area (Å²) in [6.07, 6.45) is -3.31. The van der Waals surface area contributed by atoms with Crippen molar-refractivity contribution in [3.05, 3.63) is 94.1 Å². The van der Waals surface area contributed by atoms with E-state index in [9.17, 15) is 13.2 Å². The highest BCUT2D eigenvalue weighted by atomic mass is 35.5. The van der Waals surface area contributed by atoms with Gasteiger partial charge in [0.1, 0.15) is 25.0 Å². The Kier molecular flexibility index (Phi) is 6.39. The van der Waals surface area contributed by atoms with Crippen LogP contribution in [0.25, 0.3) is 0 Å². The molecule has 0 fully saturated rings. The summed E-state index contributed by atoms with van der Waals surface area (Å²) in [6.45, 7) is -0.132. The van der Waals surface area contributed by atoms with Crippen molar-refractivity contribution >= 4 is 17.3 Å². The molecule has 0 aliphatic carbocycles. The maximum Gasteiger partial charge on any atom is 0.421 e. The fraction of sp³-hybridized carbons (Fsp3) is 0.143. The Labute approximate surface area is 170 Å². The van der Waals surface area contributed by atoms with Crippen molar-refractivity contribution in [1.82, 2.24) is 4.98 Å². The molecule has 0 N–H and O–H groups in total. The lowest BCUT2D eigenvalue weighted by Gasteiger charge is -2.15. The molecule has 4 nitrogen and oxygen atoms in total. The van der Waals surface area contributed by atoms with E-state index >= 15 is 0 Å². The monoisotopic (exact) mass is 420 g/mol. The maximum absolute atomic E-state index is 13.2. The first-order valence-corrected chi connectivity index (χ1v) is 8.88.